The first kappa shape index (κ1) is 18.8. The summed E-state index contributed by atoms with van der Waals surface area (Å²) in [6, 6.07) is 0. The van der Waals surface area contributed by atoms with E-state index in [0.717, 1.165) is 25.3 Å². The van der Waals surface area contributed by atoms with Crippen molar-refractivity contribution in [3.63, 3.8) is 0 Å². The number of esters is 1. The van der Waals surface area contributed by atoms with Gasteiger partial charge in [0.1, 0.15) is 0 Å². The quantitative estimate of drug-likeness (QED) is 0.431. The van der Waals surface area contributed by atoms with Gasteiger partial charge >= 0.3 is 11.9 Å². The molecule has 0 heterocycles. The first-order chi connectivity index (χ1) is 8.34. The summed E-state index contributed by atoms with van der Waals surface area (Å²) in [6.07, 6.45) is 3.54. The topological polar surface area (TPSA) is 63.6 Å². The second-order valence-corrected chi connectivity index (χ2v) is 4.23. The largest absolute Gasteiger partial charge is 0.478 e. The maximum atomic E-state index is 11.2. The predicted octanol–water partition coefficient (Wildman–Crippen LogP) is 3.19. The Bertz CT molecular complexity index is 280. The fourth-order valence-corrected chi connectivity index (χ4v) is 0.987. The van der Waals surface area contributed by atoms with Gasteiger partial charge in [0.05, 0.1) is 6.61 Å². The number of unbranched alkanes of at least 4 members (excludes halogenated alkanes) is 1. The van der Waals surface area contributed by atoms with Crippen LogP contribution in [0.4, 0.5) is 0 Å². The van der Waals surface area contributed by atoms with E-state index in [4.69, 9.17) is 9.84 Å². The molecule has 0 bridgehead atoms. The minimum Gasteiger partial charge on any atom is -0.478 e. The molecule has 0 aliphatic rings. The lowest BCUT2D eigenvalue weighted by atomic mass is 10.1. The molecule has 0 atom stereocenters. The monoisotopic (exact) mass is 256 g/mol. The van der Waals surface area contributed by atoms with Gasteiger partial charge in [0, 0.05) is 11.6 Å². The maximum absolute atomic E-state index is 11.2. The van der Waals surface area contributed by atoms with E-state index in [1.54, 1.807) is 0 Å². The van der Waals surface area contributed by atoms with Crippen molar-refractivity contribution in [3.8, 4) is 0 Å². The molecule has 18 heavy (non-hydrogen) atoms. The molecule has 0 aromatic carbocycles. The molecule has 0 aromatic heterocycles. The van der Waals surface area contributed by atoms with Crippen LogP contribution in [0.15, 0.2) is 24.8 Å². The van der Waals surface area contributed by atoms with Crippen molar-refractivity contribution in [1.82, 2.24) is 0 Å². The molecule has 104 valence electrons. The summed E-state index contributed by atoms with van der Waals surface area (Å²) in [5, 5.41) is 7.60. The summed E-state index contributed by atoms with van der Waals surface area (Å²) in [6.45, 7) is 13.4. The SMILES string of the molecule is C=C(CC(C)C)C(=O)OCCCC.C=CC(=O)O. The molecule has 0 saturated carbocycles. The van der Waals surface area contributed by atoms with Crippen LogP contribution in [0.5, 0.6) is 0 Å². The van der Waals surface area contributed by atoms with Crippen molar-refractivity contribution in [2.45, 2.75) is 40.0 Å². The third-order valence-corrected chi connectivity index (χ3v) is 1.85. The van der Waals surface area contributed by atoms with Crippen molar-refractivity contribution in [2.75, 3.05) is 6.61 Å². The average molecular weight is 256 g/mol. The van der Waals surface area contributed by atoms with E-state index < -0.39 is 5.97 Å². The Hall–Kier alpha value is -1.58. The molecule has 0 fully saturated rings. The Morgan fingerprint density at radius 2 is 1.89 bits per heavy atom. The van der Waals surface area contributed by atoms with Gasteiger partial charge in [-0.15, -0.1) is 0 Å². The zero-order valence-electron chi connectivity index (χ0n) is 11.6. The summed E-state index contributed by atoms with van der Waals surface area (Å²) >= 11 is 0. The summed E-state index contributed by atoms with van der Waals surface area (Å²) in [5.41, 5.74) is 0.589. The fourth-order valence-electron chi connectivity index (χ4n) is 0.987. The number of carboxylic acid groups (broad SMARTS) is 1. The molecule has 0 amide bonds. The van der Waals surface area contributed by atoms with Crippen LogP contribution >= 0.6 is 0 Å². The Morgan fingerprint density at radius 3 is 2.22 bits per heavy atom. The molecule has 0 rings (SSSR count). The highest BCUT2D eigenvalue weighted by molar-refractivity contribution is 5.87. The Labute approximate surface area is 109 Å². The van der Waals surface area contributed by atoms with Crippen molar-refractivity contribution < 1.29 is 19.4 Å². The van der Waals surface area contributed by atoms with E-state index >= 15 is 0 Å². The normalized spacial score (nSPS) is 9.11. The first-order valence-corrected chi connectivity index (χ1v) is 6.05. The molecule has 0 aliphatic carbocycles. The maximum Gasteiger partial charge on any atom is 0.333 e. The summed E-state index contributed by atoms with van der Waals surface area (Å²) in [7, 11) is 0. The minimum atomic E-state index is -0.981. The number of ether oxygens (including phenoxy) is 1. The third-order valence-electron chi connectivity index (χ3n) is 1.85. The van der Waals surface area contributed by atoms with Gasteiger partial charge in [-0.05, 0) is 18.8 Å². The fraction of sp³-hybridized carbons (Fsp3) is 0.571. The van der Waals surface area contributed by atoms with E-state index in [9.17, 15) is 9.59 Å². The molecule has 4 heteroatoms. The Kier molecular flexibility index (Phi) is 12.4. The summed E-state index contributed by atoms with van der Waals surface area (Å²) < 4.78 is 5.01. The molecule has 1 N–H and O–H groups in total. The third kappa shape index (κ3) is 14.4. The standard InChI is InChI=1S/C11H20O2.C3H4O2/c1-5-6-7-13-11(12)10(4)8-9(2)3;1-2-3(4)5/h9H,4-8H2,1-3H3;2H,1H2,(H,4,5). The lowest BCUT2D eigenvalue weighted by Crippen LogP contribution is -2.09. The molecule has 0 unspecified atom stereocenters. The molecule has 0 spiro atoms. The Morgan fingerprint density at radius 1 is 1.39 bits per heavy atom. The molecule has 0 radical (unpaired) electrons. The van der Waals surface area contributed by atoms with Gasteiger partial charge in [-0.25, -0.2) is 9.59 Å². The van der Waals surface area contributed by atoms with E-state index in [0.29, 0.717) is 18.1 Å². The van der Waals surface area contributed by atoms with Gasteiger partial charge in [-0.3, -0.25) is 0 Å². The van der Waals surface area contributed by atoms with E-state index in [1.165, 1.54) is 0 Å². The second-order valence-electron chi connectivity index (χ2n) is 4.23. The lowest BCUT2D eigenvalue weighted by Gasteiger charge is -2.08. The van der Waals surface area contributed by atoms with E-state index in [2.05, 4.69) is 33.9 Å². The van der Waals surface area contributed by atoms with E-state index in [1.807, 2.05) is 0 Å². The number of carbonyl (C=O) groups is 2. The highest BCUT2D eigenvalue weighted by Crippen LogP contribution is 2.10. The number of aliphatic carboxylic acids is 1. The molecule has 0 aliphatic heterocycles. The van der Waals surface area contributed by atoms with Crippen molar-refractivity contribution in [1.29, 1.82) is 0 Å². The average Bonchev–Trinajstić information content (AvgIpc) is 2.29. The van der Waals surface area contributed by atoms with Crippen LogP contribution in [0.1, 0.15) is 40.0 Å². The minimum absolute atomic E-state index is 0.234. The smallest absolute Gasteiger partial charge is 0.333 e. The Balaban J connectivity index is 0. The predicted molar refractivity (Wildman–Crippen MR) is 72.3 cm³/mol. The van der Waals surface area contributed by atoms with Gasteiger partial charge in [0.2, 0.25) is 0 Å². The molecular weight excluding hydrogens is 232 g/mol. The molecule has 4 nitrogen and oxygen atoms in total. The number of hydrogen-bond donors (Lipinski definition) is 1. The van der Waals surface area contributed by atoms with Gasteiger partial charge in [-0.2, -0.15) is 0 Å². The van der Waals surface area contributed by atoms with Crippen LogP contribution in [-0.2, 0) is 14.3 Å². The van der Waals surface area contributed by atoms with E-state index in [-0.39, 0.29) is 5.97 Å². The van der Waals surface area contributed by atoms with Crippen molar-refractivity contribution >= 4 is 11.9 Å². The molecule has 0 aromatic rings. The van der Waals surface area contributed by atoms with Crippen LogP contribution < -0.4 is 0 Å². The van der Waals surface area contributed by atoms with Crippen molar-refractivity contribution in [2.24, 2.45) is 5.92 Å². The highest BCUT2D eigenvalue weighted by atomic mass is 16.5. The molecular formula is C14H24O4. The van der Waals surface area contributed by atoms with Gasteiger partial charge < -0.3 is 9.84 Å². The van der Waals surface area contributed by atoms with Crippen LogP contribution in [0.3, 0.4) is 0 Å². The highest BCUT2D eigenvalue weighted by Gasteiger charge is 2.09. The first-order valence-electron chi connectivity index (χ1n) is 6.05. The summed E-state index contributed by atoms with van der Waals surface area (Å²) in [4.78, 5) is 20.5. The van der Waals surface area contributed by atoms with Crippen LogP contribution in [0.2, 0.25) is 0 Å². The summed E-state index contributed by atoms with van der Waals surface area (Å²) in [5.74, 6) is -0.752. The van der Waals surface area contributed by atoms with Gasteiger partial charge in [-0.1, -0.05) is 40.3 Å². The second kappa shape index (κ2) is 11.9. The zero-order valence-corrected chi connectivity index (χ0v) is 11.6. The van der Waals surface area contributed by atoms with Crippen LogP contribution in [0, 0.1) is 5.92 Å². The van der Waals surface area contributed by atoms with Gasteiger partial charge in [0.15, 0.2) is 0 Å². The van der Waals surface area contributed by atoms with Crippen LogP contribution in [0.25, 0.3) is 0 Å². The molecule has 0 saturated heterocycles. The van der Waals surface area contributed by atoms with Crippen LogP contribution in [-0.4, -0.2) is 23.7 Å². The van der Waals surface area contributed by atoms with Gasteiger partial charge in [0.25, 0.3) is 0 Å². The number of carboxylic acids is 1. The number of carbonyl (C=O) groups excluding carboxylic acids is 1. The number of rotatable bonds is 7. The zero-order chi connectivity index (χ0) is 14.6. The number of hydrogen-bond acceptors (Lipinski definition) is 3. The lowest BCUT2D eigenvalue weighted by molar-refractivity contribution is -0.139. The van der Waals surface area contributed by atoms with Crippen molar-refractivity contribution in [3.05, 3.63) is 24.8 Å².